The van der Waals surface area contributed by atoms with Crippen LogP contribution in [0.25, 0.3) is 0 Å². The highest BCUT2D eigenvalue weighted by molar-refractivity contribution is 5.92. The molecule has 1 saturated carbocycles. The number of nitrogens with one attached hydrogen (secondary N) is 1. The Morgan fingerprint density at radius 2 is 2.30 bits per heavy atom. The van der Waals surface area contributed by atoms with Gasteiger partial charge in [0.2, 0.25) is 5.91 Å². The number of rotatable bonds is 5. The second-order valence-corrected chi connectivity index (χ2v) is 5.43. The molecule has 1 aromatic carbocycles. The molecule has 1 aromatic rings. The highest BCUT2D eigenvalue weighted by Crippen LogP contribution is 2.27. The van der Waals surface area contributed by atoms with Gasteiger partial charge in [-0.15, -0.1) is 0 Å². The first-order valence-electron chi connectivity index (χ1n) is 6.73. The van der Waals surface area contributed by atoms with Gasteiger partial charge in [-0.3, -0.25) is 9.69 Å². The lowest BCUT2D eigenvalue weighted by Crippen LogP contribution is -2.39. The summed E-state index contributed by atoms with van der Waals surface area (Å²) in [6.07, 6.45) is 1.50. The first-order chi connectivity index (χ1) is 9.56. The summed E-state index contributed by atoms with van der Waals surface area (Å²) in [7, 11) is 1.90. The number of hydrogen-bond acceptors (Lipinski definition) is 4. The average Bonchev–Trinajstić information content (AvgIpc) is 2.36. The fraction of sp³-hybridized carbons (Fsp3) is 0.467. The standard InChI is InChI=1S/C15H19N3O2/c1-18(9-12-6-14(19)7-12)10-15(20)17-13-4-2-3-11(5-13)8-16/h2-5,12,14,19H,6-7,9-10H2,1H3,(H,17,20). The van der Waals surface area contributed by atoms with E-state index in [2.05, 4.69) is 5.32 Å². The first-order valence-corrected chi connectivity index (χ1v) is 6.73. The van der Waals surface area contributed by atoms with Crippen molar-refractivity contribution in [2.75, 3.05) is 25.5 Å². The Morgan fingerprint density at radius 3 is 2.95 bits per heavy atom. The van der Waals surface area contributed by atoms with Crippen LogP contribution >= 0.6 is 0 Å². The summed E-state index contributed by atoms with van der Waals surface area (Å²) in [4.78, 5) is 13.8. The Balaban J connectivity index is 1.78. The van der Waals surface area contributed by atoms with Crippen molar-refractivity contribution in [3.05, 3.63) is 29.8 Å². The zero-order valence-corrected chi connectivity index (χ0v) is 11.5. The van der Waals surface area contributed by atoms with Crippen LogP contribution in [0.15, 0.2) is 24.3 Å². The van der Waals surface area contributed by atoms with Crippen molar-refractivity contribution in [2.24, 2.45) is 5.92 Å². The molecule has 20 heavy (non-hydrogen) atoms. The molecule has 2 rings (SSSR count). The number of carbonyl (C=O) groups excluding carboxylic acids is 1. The molecule has 1 aliphatic carbocycles. The summed E-state index contributed by atoms with van der Waals surface area (Å²) in [5, 5.41) is 20.8. The van der Waals surface area contributed by atoms with Gasteiger partial charge in [-0.25, -0.2) is 0 Å². The Labute approximate surface area is 118 Å². The third kappa shape index (κ3) is 4.05. The molecule has 0 bridgehead atoms. The van der Waals surface area contributed by atoms with E-state index in [0.29, 0.717) is 23.7 Å². The number of aliphatic hydroxyl groups excluding tert-OH is 1. The smallest absolute Gasteiger partial charge is 0.238 e. The number of nitriles is 1. The predicted molar refractivity (Wildman–Crippen MR) is 76.0 cm³/mol. The van der Waals surface area contributed by atoms with Crippen molar-refractivity contribution in [1.82, 2.24) is 4.90 Å². The van der Waals surface area contributed by atoms with Crippen LogP contribution in [0, 0.1) is 17.2 Å². The minimum absolute atomic E-state index is 0.0949. The predicted octanol–water partition coefficient (Wildman–Crippen LogP) is 1.20. The number of benzene rings is 1. The first kappa shape index (κ1) is 14.5. The number of anilines is 1. The zero-order chi connectivity index (χ0) is 14.5. The van der Waals surface area contributed by atoms with Crippen LogP contribution in [0.1, 0.15) is 18.4 Å². The molecule has 0 heterocycles. The van der Waals surface area contributed by atoms with E-state index < -0.39 is 0 Å². The number of aliphatic hydroxyl groups is 1. The molecule has 2 N–H and O–H groups in total. The van der Waals surface area contributed by atoms with Crippen LogP contribution in [-0.4, -0.2) is 42.2 Å². The average molecular weight is 273 g/mol. The van der Waals surface area contributed by atoms with Gasteiger partial charge in [-0.1, -0.05) is 6.07 Å². The van der Waals surface area contributed by atoms with Crippen LogP contribution in [-0.2, 0) is 4.79 Å². The van der Waals surface area contributed by atoms with E-state index in [0.717, 1.165) is 19.4 Å². The number of amides is 1. The monoisotopic (exact) mass is 273 g/mol. The van der Waals surface area contributed by atoms with Crippen molar-refractivity contribution in [1.29, 1.82) is 5.26 Å². The second-order valence-electron chi connectivity index (χ2n) is 5.43. The van der Waals surface area contributed by atoms with Crippen molar-refractivity contribution in [3.8, 4) is 6.07 Å². The Morgan fingerprint density at radius 1 is 1.55 bits per heavy atom. The van der Waals surface area contributed by atoms with E-state index in [-0.39, 0.29) is 12.0 Å². The lowest BCUT2D eigenvalue weighted by Gasteiger charge is -2.34. The molecule has 0 saturated heterocycles. The van der Waals surface area contributed by atoms with Gasteiger partial charge in [-0.2, -0.15) is 5.26 Å². The van der Waals surface area contributed by atoms with Gasteiger partial charge in [0.1, 0.15) is 0 Å². The summed E-state index contributed by atoms with van der Waals surface area (Å²) < 4.78 is 0. The summed E-state index contributed by atoms with van der Waals surface area (Å²) in [5.41, 5.74) is 1.17. The van der Waals surface area contributed by atoms with Gasteiger partial charge in [-0.05, 0) is 44.0 Å². The molecule has 5 heteroatoms. The van der Waals surface area contributed by atoms with Gasteiger partial charge >= 0.3 is 0 Å². The molecule has 0 aliphatic heterocycles. The van der Waals surface area contributed by atoms with Crippen molar-refractivity contribution in [3.63, 3.8) is 0 Å². The Hall–Kier alpha value is -1.90. The van der Waals surface area contributed by atoms with Gasteiger partial charge < -0.3 is 10.4 Å². The van der Waals surface area contributed by atoms with Gasteiger partial charge in [0.05, 0.1) is 24.3 Å². The van der Waals surface area contributed by atoms with Gasteiger partial charge in [0, 0.05) is 12.2 Å². The van der Waals surface area contributed by atoms with Crippen LogP contribution < -0.4 is 5.32 Å². The third-order valence-electron chi connectivity index (χ3n) is 3.47. The molecule has 0 spiro atoms. The van der Waals surface area contributed by atoms with Crippen molar-refractivity contribution >= 4 is 11.6 Å². The third-order valence-corrected chi connectivity index (χ3v) is 3.47. The van der Waals surface area contributed by atoms with E-state index in [4.69, 9.17) is 5.26 Å². The van der Waals surface area contributed by atoms with Crippen molar-refractivity contribution < 1.29 is 9.90 Å². The maximum Gasteiger partial charge on any atom is 0.238 e. The Bertz CT molecular complexity index is 518. The molecule has 0 radical (unpaired) electrons. The SMILES string of the molecule is CN(CC(=O)Nc1cccc(C#N)c1)CC1CC(O)C1. The molecule has 0 aromatic heterocycles. The molecule has 0 atom stereocenters. The van der Waals surface area contributed by atoms with Gasteiger partial charge in [0.15, 0.2) is 0 Å². The summed E-state index contributed by atoms with van der Waals surface area (Å²) in [6.45, 7) is 1.13. The number of nitrogens with zero attached hydrogens (tertiary/aromatic N) is 2. The molecule has 1 fully saturated rings. The lowest BCUT2D eigenvalue weighted by molar-refractivity contribution is -0.117. The summed E-state index contributed by atoms with van der Waals surface area (Å²) >= 11 is 0. The molecular formula is C15H19N3O2. The summed E-state index contributed by atoms with van der Waals surface area (Å²) in [6, 6.07) is 8.90. The lowest BCUT2D eigenvalue weighted by atomic mass is 9.82. The summed E-state index contributed by atoms with van der Waals surface area (Å²) in [5.74, 6) is 0.396. The van der Waals surface area contributed by atoms with Crippen LogP contribution in [0.4, 0.5) is 5.69 Å². The van der Waals surface area contributed by atoms with E-state index in [1.807, 2.05) is 18.0 Å². The van der Waals surface area contributed by atoms with E-state index in [1.165, 1.54) is 0 Å². The van der Waals surface area contributed by atoms with Crippen LogP contribution in [0.5, 0.6) is 0 Å². The van der Waals surface area contributed by atoms with Crippen LogP contribution in [0.2, 0.25) is 0 Å². The fourth-order valence-corrected chi connectivity index (χ4v) is 2.47. The molecule has 1 amide bonds. The minimum Gasteiger partial charge on any atom is -0.393 e. The van der Waals surface area contributed by atoms with Gasteiger partial charge in [0.25, 0.3) is 0 Å². The Kier molecular flexibility index (Phi) is 4.72. The van der Waals surface area contributed by atoms with E-state index >= 15 is 0 Å². The normalized spacial score (nSPS) is 21.1. The molecule has 0 unspecified atom stereocenters. The highest BCUT2D eigenvalue weighted by atomic mass is 16.3. The minimum atomic E-state index is -0.157. The van der Waals surface area contributed by atoms with E-state index in [9.17, 15) is 9.90 Å². The molecule has 1 aliphatic rings. The maximum atomic E-state index is 11.9. The molecular weight excluding hydrogens is 254 g/mol. The maximum absolute atomic E-state index is 11.9. The quantitative estimate of drug-likeness (QED) is 0.845. The number of carbonyl (C=O) groups is 1. The van der Waals surface area contributed by atoms with Crippen molar-refractivity contribution in [2.45, 2.75) is 18.9 Å². The van der Waals surface area contributed by atoms with E-state index in [1.54, 1.807) is 24.3 Å². The van der Waals surface area contributed by atoms with Crippen LogP contribution in [0.3, 0.4) is 0 Å². The molecule has 106 valence electrons. The molecule has 5 nitrogen and oxygen atoms in total. The number of hydrogen-bond donors (Lipinski definition) is 2. The number of likely N-dealkylation sites (N-methyl/N-ethyl adjacent to an activating group) is 1. The zero-order valence-electron chi connectivity index (χ0n) is 11.5. The fourth-order valence-electron chi connectivity index (χ4n) is 2.47. The largest absolute Gasteiger partial charge is 0.393 e. The topological polar surface area (TPSA) is 76.4 Å². The highest BCUT2D eigenvalue weighted by Gasteiger charge is 2.28. The second kappa shape index (κ2) is 6.51.